The minimum Gasteiger partial charge on any atom is -0.489 e. The number of carbonyl (C=O) groups is 1. The number of carbonyl (C=O) groups excluding carboxylic acids is 1. The minimum absolute atomic E-state index is 0.0707. The molecular weight excluding hydrogens is 428 g/mol. The average Bonchev–Trinajstić information content (AvgIpc) is 2.71. The van der Waals surface area contributed by atoms with Gasteiger partial charge in [0.2, 0.25) is 5.91 Å². The molecule has 0 aliphatic carbocycles. The van der Waals surface area contributed by atoms with Crippen molar-refractivity contribution in [2.45, 2.75) is 31.9 Å². The molecule has 1 fully saturated rings. The number of likely N-dealkylation sites (tertiary alicyclic amines) is 1. The van der Waals surface area contributed by atoms with Gasteiger partial charge in [0.15, 0.2) is 11.6 Å². The molecule has 1 amide bonds. The van der Waals surface area contributed by atoms with Gasteiger partial charge in [0.05, 0.1) is 5.69 Å². The molecule has 1 heterocycles. The van der Waals surface area contributed by atoms with Crippen LogP contribution in [0.5, 0.6) is 5.75 Å². The van der Waals surface area contributed by atoms with Gasteiger partial charge in [-0.1, -0.05) is 11.6 Å². The van der Waals surface area contributed by atoms with E-state index in [0.717, 1.165) is 38.1 Å². The summed E-state index contributed by atoms with van der Waals surface area (Å²) in [6.45, 7) is 3.43. The van der Waals surface area contributed by atoms with Crippen LogP contribution in [0, 0.1) is 11.6 Å². The fraction of sp³-hybridized carbons (Fsp3) is 0.409. The molecule has 1 aliphatic rings. The van der Waals surface area contributed by atoms with Crippen molar-refractivity contribution in [3.63, 3.8) is 0 Å². The Hall–Kier alpha value is -2.42. The molecule has 3 rings (SSSR count). The smallest absolute Gasteiger partial charge is 0.221 e. The van der Waals surface area contributed by atoms with E-state index in [9.17, 15) is 18.7 Å². The number of benzene rings is 2. The van der Waals surface area contributed by atoms with Crippen LogP contribution < -0.4 is 15.4 Å². The van der Waals surface area contributed by atoms with Crippen LogP contribution in [0.15, 0.2) is 36.4 Å². The number of amides is 1. The summed E-state index contributed by atoms with van der Waals surface area (Å²) in [5.74, 6) is -1.53. The first-order valence-corrected chi connectivity index (χ1v) is 10.5. The predicted octanol–water partition coefficient (Wildman–Crippen LogP) is 3.89. The summed E-state index contributed by atoms with van der Waals surface area (Å²) in [6, 6.07) is 8.85. The van der Waals surface area contributed by atoms with Crippen molar-refractivity contribution in [1.29, 1.82) is 0 Å². The highest BCUT2D eigenvalue weighted by molar-refractivity contribution is 6.31. The Balaban J connectivity index is 1.43. The van der Waals surface area contributed by atoms with Gasteiger partial charge in [-0.05, 0) is 43.2 Å². The zero-order valence-corrected chi connectivity index (χ0v) is 18.0. The largest absolute Gasteiger partial charge is 0.489 e. The number of aliphatic hydroxyl groups is 1. The Morgan fingerprint density at radius 1 is 1.23 bits per heavy atom. The maximum atomic E-state index is 13.4. The summed E-state index contributed by atoms with van der Waals surface area (Å²) in [5.41, 5.74) is 1.01. The maximum absolute atomic E-state index is 13.4. The molecule has 0 radical (unpaired) electrons. The molecule has 168 valence electrons. The highest BCUT2D eigenvalue weighted by Crippen LogP contribution is 2.28. The Labute approximate surface area is 185 Å². The van der Waals surface area contributed by atoms with Gasteiger partial charge in [-0.3, -0.25) is 4.79 Å². The van der Waals surface area contributed by atoms with E-state index in [-0.39, 0.29) is 18.6 Å². The molecule has 0 bridgehead atoms. The van der Waals surface area contributed by atoms with Gasteiger partial charge < -0.3 is 25.4 Å². The Morgan fingerprint density at radius 3 is 2.65 bits per heavy atom. The highest BCUT2D eigenvalue weighted by atomic mass is 35.5. The molecule has 6 nitrogen and oxygen atoms in total. The monoisotopic (exact) mass is 453 g/mol. The van der Waals surface area contributed by atoms with E-state index in [1.54, 1.807) is 18.2 Å². The van der Waals surface area contributed by atoms with E-state index in [1.807, 2.05) is 0 Å². The second kappa shape index (κ2) is 10.7. The molecule has 31 heavy (non-hydrogen) atoms. The van der Waals surface area contributed by atoms with Crippen LogP contribution in [0.1, 0.15) is 19.8 Å². The molecule has 0 saturated carbocycles. The lowest BCUT2D eigenvalue weighted by Crippen LogP contribution is -2.43. The first-order valence-electron chi connectivity index (χ1n) is 10.1. The predicted molar refractivity (Wildman–Crippen MR) is 117 cm³/mol. The number of nitrogens with one attached hydrogen (secondary N) is 2. The quantitative estimate of drug-likeness (QED) is 0.565. The van der Waals surface area contributed by atoms with Gasteiger partial charge in [-0.25, -0.2) is 8.78 Å². The van der Waals surface area contributed by atoms with Gasteiger partial charge in [0, 0.05) is 49.4 Å². The van der Waals surface area contributed by atoms with Crippen LogP contribution >= 0.6 is 11.6 Å². The lowest BCUT2D eigenvalue weighted by molar-refractivity contribution is -0.114. The first-order chi connectivity index (χ1) is 14.8. The number of piperidine rings is 1. The Morgan fingerprint density at radius 2 is 1.97 bits per heavy atom. The summed E-state index contributed by atoms with van der Waals surface area (Å²) in [7, 11) is 0. The van der Waals surface area contributed by atoms with Gasteiger partial charge in [0.25, 0.3) is 0 Å². The molecule has 1 atom stereocenters. The molecule has 2 aromatic rings. The number of rotatable bonds is 8. The number of ether oxygens (including phenoxy) is 1. The molecule has 1 saturated heterocycles. The fourth-order valence-corrected chi connectivity index (χ4v) is 3.71. The number of nitrogens with zero attached hydrogens (tertiary/aromatic N) is 1. The summed E-state index contributed by atoms with van der Waals surface area (Å²) >= 11 is 5.97. The molecular formula is C22H26ClF2N3O3. The van der Waals surface area contributed by atoms with Gasteiger partial charge in [0.1, 0.15) is 18.5 Å². The topological polar surface area (TPSA) is 73.8 Å². The van der Waals surface area contributed by atoms with Crippen LogP contribution in [0.3, 0.4) is 0 Å². The number of hydrogen-bond acceptors (Lipinski definition) is 5. The van der Waals surface area contributed by atoms with E-state index in [2.05, 4.69) is 15.5 Å². The summed E-state index contributed by atoms with van der Waals surface area (Å²) < 4.78 is 32.1. The van der Waals surface area contributed by atoms with E-state index in [1.165, 1.54) is 13.0 Å². The van der Waals surface area contributed by atoms with Crippen molar-refractivity contribution in [3.8, 4) is 5.75 Å². The average molecular weight is 454 g/mol. The number of hydrogen-bond donors (Lipinski definition) is 3. The van der Waals surface area contributed by atoms with Crippen molar-refractivity contribution in [2.75, 3.05) is 36.9 Å². The van der Waals surface area contributed by atoms with Crippen LogP contribution in [0.4, 0.5) is 20.2 Å². The van der Waals surface area contributed by atoms with Gasteiger partial charge >= 0.3 is 0 Å². The van der Waals surface area contributed by atoms with Crippen LogP contribution in [0.2, 0.25) is 5.02 Å². The fourth-order valence-electron chi connectivity index (χ4n) is 3.53. The van der Waals surface area contributed by atoms with E-state index < -0.39 is 17.7 Å². The first kappa shape index (κ1) is 23.2. The van der Waals surface area contributed by atoms with E-state index in [0.29, 0.717) is 28.7 Å². The minimum atomic E-state index is -0.868. The molecule has 0 spiro atoms. The van der Waals surface area contributed by atoms with Crippen molar-refractivity contribution in [3.05, 3.63) is 53.1 Å². The molecule has 0 aromatic heterocycles. The number of anilines is 2. The van der Waals surface area contributed by atoms with Crippen molar-refractivity contribution in [1.82, 2.24) is 4.90 Å². The van der Waals surface area contributed by atoms with Crippen molar-refractivity contribution in [2.24, 2.45) is 0 Å². The summed E-state index contributed by atoms with van der Waals surface area (Å²) in [6.07, 6.45) is 0.920. The van der Waals surface area contributed by atoms with E-state index >= 15 is 0 Å². The highest BCUT2D eigenvalue weighted by Gasteiger charge is 2.22. The normalized spacial score (nSPS) is 16.0. The standard InChI is InChI=1S/C22H26ClF2N3O3/c1-14(29)26-21-10-15(23)2-5-22(21)31-13-18(30)12-28-8-6-16(7-9-28)27-17-3-4-19(24)20(25)11-17/h2-5,10-11,16,18,27,30H,6-9,12-13H2,1H3,(H,26,29). The SMILES string of the molecule is CC(=O)Nc1cc(Cl)ccc1OCC(O)CN1CCC(Nc2ccc(F)c(F)c2)CC1. The molecule has 1 unspecified atom stereocenters. The van der Waals surface area contributed by atoms with Crippen LogP contribution in [0.25, 0.3) is 0 Å². The second-order valence-corrected chi connectivity index (χ2v) is 8.07. The zero-order valence-electron chi connectivity index (χ0n) is 17.2. The zero-order chi connectivity index (χ0) is 22.4. The lowest BCUT2D eigenvalue weighted by Gasteiger charge is -2.34. The van der Waals surface area contributed by atoms with E-state index in [4.69, 9.17) is 16.3 Å². The van der Waals surface area contributed by atoms with Crippen molar-refractivity contribution >= 4 is 28.9 Å². The number of β-amino-alcohol motifs (C(OH)–C–C–N with tert-alkyl or cyclic N) is 1. The van der Waals surface area contributed by atoms with Gasteiger partial charge in [-0.15, -0.1) is 0 Å². The Kier molecular flexibility index (Phi) is 8.06. The second-order valence-electron chi connectivity index (χ2n) is 7.63. The van der Waals surface area contributed by atoms with Crippen LogP contribution in [-0.2, 0) is 4.79 Å². The Bertz CT molecular complexity index is 908. The summed E-state index contributed by atoms with van der Waals surface area (Å²) in [5, 5.41) is 16.7. The number of halogens is 3. The molecule has 2 aromatic carbocycles. The maximum Gasteiger partial charge on any atom is 0.221 e. The summed E-state index contributed by atoms with van der Waals surface area (Å²) in [4.78, 5) is 13.5. The number of aliphatic hydroxyl groups excluding tert-OH is 1. The molecule has 1 aliphatic heterocycles. The third-order valence-electron chi connectivity index (χ3n) is 5.03. The molecule has 3 N–H and O–H groups in total. The molecule has 9 heteroatoms. The van der Waals surface area contributed by atoms with Gasteiger partial charge in [-0.2, -0.15) is 0 Å². The van der Waals surface area contributed by atoms with Crippen molar-refractivity contribution < 1.29 is 23.4 Å². The third kappa shape index (κ3) is 7.05. The third-order valence-corrected chi connectivity index (χ3v) is 5.27. The van der Waals surface area contributed by atoms with Crippen LogP contribution in [-0.4, -0.2) is 54.3 Å². The lowest BCUT2D eigenvalue weighted by atomic mass is 10.0.